The number of carbonyl (C=O) groups is 1. The first-order valence-electron chi connectivity index (χ1n) is 8.63. The van der Waals surface area contributed by atoms with E-state index in [0.29, 0.717) is 17.6 Å². The second-order valence-corrected chi connectivity index (χ2v) is 7.44. The molecule has 6 nitrogen and oxygen atoms in total. The summed E-state index contributed by atoms with van der Waals surface area (Å²) in [5.74, 6) is 1.47. The van der Waals surface area contributed by atoms with Crippen LogP contribution < -0.4 is 5.32 Å². The largest absolute Gasteiger partial charge is 0.461 e. The van der Waals surface area contributed by atoms with Gasteiger partial charge < -0.3 is 9.73 Å². The van der Waals surface area contributed by atoms with Crippen LogP contribution in [0, 0.1) is 0 Å². The topological polar surface area (TPSA) is 73.0 Å². The third-order valence-electron chi connectivity index (χ3n) is 4.38. The molecular formula is C17H24N4O2S. The number of hydrogen-bond acceptors (Lipinski definition) is 5. The van der Waals surface area contributed by atoms with E-state index in [1.807, 2.05) is 30.5 Å². The number of thioether (sulfide) groups is 1. The van der Waals surface area contributed by atoms with Crippen molar-refractivity contribution in [2.75, 3.05) is 0 Å². The van der Waals surface area contributed by atoms with Crippen molar-refractivity contribution < 1.29 is 9.21 Å². The Hall–Kier alpha value is -1.76. The van der Waals surface area contributed by atoms with Crippen molar-refractivity contribution in [3.05, 3.63) is 18.4 Å². The molecule has 7 heteroatoms. The van der Waals surface area contributed by atoms with E-state index in [4.69, 9.17) is 4.42 Å². The molecule has 0 radical (unpaired) electrons. The molecule has 24 heavy (non-hydrogen) atoms. The van der Waals surface area contributed by atoms with Crippen molar-refractivity contribution in [3.8, 4) is 11.6 Å². The number of amides is 1. The van der Waals surface area contributed by atoms with Gasteiger partial charge in [-0.25, -0.2) is 0 Å². The van der Waals surface area contributed by atoms with Crippen LogP contribution in [0.5, 0.6) is 0 Å². The number of hydrogen-bond donors (Lipinski definition) is 1. The smallest absolute Gasteiger partial charge is 0.233 e. The molecule has 1 saturated carbocycles. The van der Waals surface area contributed by atoms with Gasteiger partial charge in [0.15, 0.2) is 16.7 Å². The molecular weight excluding hydrogens is 324 g/mol. The first kappa shape index (κ1) is 17.1. The zero-order valence-corrected chi connectivity index (χ0v) is 15.0. The van der Waals surface area contributed by atoms with Crippen molar-refractivity contribution in [2.24, 2.45) is 0 Å². The Morgan fingerprint density at radius 2 is 2.21 bits per heavy atom. The number of nitrogens with one attached hydrogen (secondary N) is 1. The Balaban J connectivity index is 1.65. The second kappa shape index (κ2) is 7.88. The van der Waals surface area contributed by atoms with Crippen LogP contribution in [0.25, 0.3) is 11.6 Å². The second-order valence-electron chi connectivity index (χ2n) is 6.13. The summed E-state index contributed by atoms with van der Waals surface area (Å²) in [7, 11) is 0. The van der Waals surface area contributed by atoms with Gasteiger partial charge >= 0.3 is 0 Å². The lowest BCUT2D eigenvalue weighted by atomic mass is 9.95. The highest BCUT2D eigenvalue weighted by atomic mass is 32.2. The van der Waals surface area contributed by atoms with Crippen molar-refractivity contribution in [1.82, 2.24) is 20.1 Å². The van der Waals surface area contributed by atoms with Gasteiger partial charge in [-0.3, -0.25) is 9.36 Å². The number of nitrogens with zero attached hydrogens (tertiary/aromatic N) is 3. The van der Waals surface area contributed by atoms with Crippen molar-refractivity contribution in [1.29, 1.82) is 0 Å². The van der Waals surface area contributed by atoms with Crippen LogP contribution in [-0.4, -0.2) is 32.0 Å². The van der Waals surface area contributed by atoms with Crippen LogP contribution in [0.15, 0.2) is 28.0 Å². The summed E-state index contributed by atoms with van der Waals surface area (Å²) in [6.07, 6.45) is 7.52. The van der Waals surface area contributed by atoms with Crippen molar-refractivity contribution in [2.45, 2.75) is 68.9 Å². The zero-order valence-electron chi connectivity index (χ0n) is 14.2. The lowest BCUT2D eigenvalue weighted by Gasteiger charge is -2.24. The molecule has 2 aromatic heterocycles. The molecule has 1 aliphatic carbocycles. The van der Waals surface area contributed by atoms with E-state index in [1.54, 1.807) is 6.26 Å². The number of aromatic nitrogens is 3. The minimum Gasteiger partial charge on any atom is -0.461 e. The van der Waals surface area contributed by atoms with E-state index in [1.165, 1.54) is 31.0 Å². The van der Waals surface area contributed by atoms with Gasteiger partial charge in [0, 0.05) is 12.6 Å². The molecule has 1 unspecified atom stereocenters. The van der Waals surface area contributed by atoms with Gasteiger partial charge in [0.05, 0.1) is 11.5 Å². The Morgan fingerprint density at radius 1 is 1.42 bits per heavy atom. The van der Waals surface area contributed by atoms with E-state index < -0.39 is 0 Å². The highest BCUT2D eigenvalue weighted by Crippen LogP contribution is 2.27. The summed E-state index contributed by atoms with van der Waals surface area (Å²) < 4.78 is 7.40. The molecule has 0 bridgehead atoms. The Morgan fingerprint density at radius 3 is 2.88 bits per heavy atom. The maximum Gasteiger partial charge on any atom is 0.233 e. The van der Waals surface area contributed by atoms with Crippen LogP contribution in [0.2, 0.25) is 0 Å². The van der Waals surface area contributed by atoms with Gasteiger partial charge in [0.1, 0.15) is 0 Å². The van der Waals surface area contributed by atoms with Crippen LogP contribution in [0.3, 0.4) is 0 Å². The fraction of sp³-hybridized carbons (Fsp3) is 0.588. The fourth-order valence-electron chi connectivity index (χ4n) is 3.03. The third kappa shape index (κ3) is 3.83. The van der Waals surface area contributed by atoms with Crippen molar-refractivity contribution in [3.63, 3.8) is 0 Å². The average Bonchev–Trinajstić information content (AvgIpc) is 3.24. The van der Waals surface area contributed by atoms with E-state index in [-0.39, 0.29) is 11.2 Å². The Bertz CT molecular complexity index is 662. The summed E-state index contributed by atoms with van der Waals surface area (Å²) in [5, 5.41) is 12.2. The molecule has 1 atom stereocenters. The molecule has 1 fully saturated rings. The quantitative estimate of drug-likeness (QED) is 0.809. The molecule has 0 aliphatic heterocycles. The van der Waals surface area contributed by atoms with E-state index in [2.05, 4.69) is 15.5 Å². The summed E-state index contributed by atoms with van der Waals surface area (Å²) >= 11 is 1.45. The van der Waals surface area contributed by atoms with Crippen LogP contribution >= 0.6 is 11.8 Å². The standard InChI is InChI=1S/C17H24N4O2S/c1-3-21-15(14-10-7-11-23-14)19-20-17(21)24-12(2)16(22)18-13-8-5-4-6-9-13/h7,10-13H,3-6,8-9H2,1-2H3,(H,18,22). The highest BCUT2D eigenvalue weighted by molar-refractivity contribution is 8.00. The minimum absolute atomic E-state index is 0.0806. The number of rotatable bonds is 6. The van der Waals surface area contributed by atoms with Crippen molar-refractivity contribution >= 4 is 17.7 Å². The summed E-state index contributed by atoms with van der Waals surface area (Å²) in [6, 6.07) is 4.03. The molecule has 1 amide bonds. The maximum absolute atomic E-state index is 12.4. The monoisotopic (exact) mass is 348 g/mol. The summed E-state index contributed by atoms with van der Waals surface area (Å²) in [6.45, 7) is 4.68. The number of carbonyl (C=O) groups excluding carboxylic acids is 1. The van der Waals surface area contributed by atoms with Gasteiger partial charge in [-0.15, -0.1) is 10.2 Å². The molecule has 130 valence electrons. The predicted molar refractivity (Wildman–Crippen MR) is 93.7 cm³/mol. The van der Waals surface area contributed by atoms with Crippen LogP contribution in [0.4, 0.5) is 0 Å². The Labute approximate surface area is 146 Å². The maximum atomic E-state index is 12.4. The van der Waals surface area contributed by atoms with Crippen LogP contribution in [-0.2, 0) is 11.3 Å². The van der Waals surface area contributed by atoms with E-state index in [9.17, 15) is 4.79 Å². The first-order valence-corrected chi connectivity index (χ1v) is 9.51. The van der Waals surface area contributed by atoms with Gasteiger partial charge in [-0.2, -0.15) is 0 Å². The van der Waals surface area contributed by atoms with E-state index in [0.717, 1.165) is 24.5 Å². The van der Waals surface area contributed by atoms with Gasteiger partial charge in [0.2, 0.25) is 5.91 Å². The molecule has 2 heterocycles. The summed E-state index contributed by atoms with van der Waals surface area (Å²) in [4.78, 5) is 12.4. The lowest BCUT2D eigenvalue weighted by molar-refractivity contribution is -0.121. The molecule has 0 aromatic carbocycles. The minimum atomic E-state index is -0.203. The van der Waals surface area contributed by atoms with Crippen LogP contribution in [0.1, 0.15) is 46.0 Å². The molecule has 0 spiro atoms. The first-order chi connectivity index (χ1) is 11.7. The SMILES string of the molecule is CCn1c(SC(C)C(=O)NC2CCCCC2)nnc1-c1ccco1. The normalized spacial score (nSPS) is 16.9. The molecule has 1 aliphatic rings. The summed E-state index contributed by atoms with van der Waals surface area (Å²) in [5.41, 5.74) is 0. The average molecular weight is 348 g/mol. The number of furan rings is 1. The Kier molecular flexibility index (Phi) is 5.60. The van der Waals surface area contributed by atoms with Gasteiger partial charge in [0.25, 0.3) is 0 Å². The molecule has 0 saturated heterocycles. The lowest BCUT2D eigenvalue weighted by Crippen LogP contribution is -2.40. The third-order valence-corrected chi connectivity index (χ3v) is 5.46. The molecule has 3 rings (SSSR count). The highest BCUT2D eigenvalue weighted by Gasteiger charge is 2.23. The molecule has 2 aromatic rings. The molecule has 1 N–H and O–H groups in total. The van der Waals surface area contributed by atoms with E-state index >= 15 is 0 Å². The fourth-order valence-corrected chi connectivity index (χ4v) is 3.95. The van der Waals surface area contributed by atoms with Gasteiger partial charge in [-0.1, -0.05) is 31.0 Å². The zero-order chi connectivity index (χ0) is 16.9. The predicted octanol–water partition coefficient (Wildman–Crippen LogP) is 3.49. The van der Waals surface area contributed by atoms with Gasteiger partial charge in [-0.05, 0) is 38.8 Å².